The van der Waals surface area contributed by atoms with Gasteiger partial charge in [-0.2, -0.15) is 0 Å². The van der Waals surface area contributed by atoms with Gasteiger partial charge in [-0.25, -0.2) is 17.5 Å². The number of fused-ring (bicyclic) bond motifs is 1. The number of nitrogens with one attached hydrogen (secondary N) is 2. The second kappa shape index (κ2) is 16.7. The summed E-state index contributed by atoms with van der Waals surface area (Å²) in [5, 5.41) is 15.3. The summed E-state index contributed by atoms with van der Waals surface area (Å²) >= 11 is 5.63. The van der Waals surface area contributed by atoms with Gasteiger partial charge in [0.1, 0.15) is 0 Å². The number of aliphatic hydroxyl groups excluding tert-OH is 1. The molecule has 3 aromatic carbocycles. The average molecular weight is 619 g/mol. The van der Waals surface area contributed by atoms with E-state index in [4.69, 9.17) is 16.3 Å². The molecule has 0 radical (unpaired) electrons. The number of β-amino-alcohol motifs (C(OH)–C–C–N with tert-alkyl or cyclic N) is 1. The van der Waals surface area contributed by atoms with Gasteiger partial charge in [0.25, 0.3) is 5.91 Å². The van der Waals surface area contributed by atoms with Gasteiger partial charge >= 0.3 is 6.03 Å². The highest BCUT2D eigenvalue weighted by Gasteiger charge is 2.27. The van der Waals surface area contributed by atoms with E-state index >= 15 is 0 Å². The molecule has 0 aliphatic carbocycles. The lowest BCUT2D eigenvalue weighted by atomic mass is 10.1. The molecule has 1 aliphatic heterocycles. The number of rotatable bonds is 6. The Morgan fingerprint density at radius 3 is 2.26 bits per heavy atom. The molecule has 10 nitrogen and oxygen atoms in total. The van der Waals surface area contributed by atoms with Crippen molar-refractivity contribution in [3.05, 3.63) is 83.4 Å². The molecule has 12 heteroatoms. The summed E-state index contributed by atoms with van der Waals surface area (Å²) in [4.78, 5) is 27.1. The third-order valence-electron chi connectivity index (χ3n) is 5.82. The van der Waals surface area contributed by atoms with Gasteiger partial charge in [0.2, 0.25) is 10.0 Å². The fourth-order valence-corrected chi connectivity index (χ4v) is 4.83. The molecule has 3 aromatic rings. The summed E-state index contributed by atoms with van der Waals surface area (Å²) in [5.41, 5.74) is 1.45. The van der Waals surface area contributed by atoms with Crippen molar-refractivity contribution < 1.29 is 27.9 Å². The van der Waals surface area contributed by atoms with Crippen LogP contribution in [0.5, 0.6) is 5.75 Å². The Morgan fingerprint density at radius 1 is 1.02 bits per heavy atom. The molecular weight excluding hydrogens is 580 g/mol. The molecule has 0 spiro atoms. The first-order valence-corrected chi connectivity index (χ1v) is 15.3. The van der Waals surface area contributed by atoms with E-state index in [0.717, 1.165) is 4.31 Å². The Balaban J connectivity index is 0.000000345. The minimum Gasteiger partial charge on any atom is -0.490 e. The first kappa shape index (κ1) is 34.6. The first-order chi connectivity index (χ1) is 20.0. The number of sulfonamides is 1. The SMILES string of the molecule is CC.CC1COc2c(NC(=O)Nc3ccccc3)cccc2C(=O)N(CCO)C1.CN(C)S(=O)(=O)c1ccc(Cl)cc1. The highest BCUT2D eigenvalue weighted by atomic mass is 35.5. The van der Waals surface area contributed by atoms with Crippen molar-refractivity contribution in [2.24, 2.45) is 5.92 Å². The zero-order valence-corrected chi connectivity index (χ0v) is 26.1. The van der Waals surface area contributed by atoms with Crippen molar-refractivity contribution in [2.45, 2.75) is 25.7 Å². The van der Waals surface area contributed by atoms with E-state index in [-0.39, 0.29) is 29.9 Å². The molecule has 0 saturated carbocycles. The standard InChI is InChI=1S/C20H23N3O4.C8H10ClNO2S.C2H6/c1-14-12-23(10-11-24)19(25)16-8-5-9-17(18(16)27-13-14)22-20(26)21-15-6-3-2-4-7-15;1-10(2)13(11,12)8-5-3-7(9)4-6-8;1-2/h2-9,14,24H,10-13H2,1H3,(H2,21,22,26);3-6H,1-2H3;1-2H3. The van der Waals surface area contributed by atoms with E-state index in [2.05, 4.69) is 10.6 Å². The number of urea groups is 1. The molecule has 228 valence electrons. The molecule has 1 aliphatic rings. The summed E-state index contributed by atoms with van der Waals surface area (Å²) in [7, 11) is -0.339. The van der Waals surface area contributed by atoms with Crippen molar-refractivity contribution in [3.8, 4) is 5.75 Å². The number of hydrogen-bond donors (Lipinski definition) is 3. The molecule has 1 unspecified atom stereocenters. The fraction of sp³-hybridized carbons (Fsp3) is 0.333. The highest BCUT2D eigenvalue weighted by Crippen LogP contribution is 2.32. The Kier molecular flexibility index (Phi) is 13.8. The minimum atomic E-state index is -3.32. The second-order valence-electron chi connectivity index (χ2n) is 9.26. The third kappa shape index (κ3) is 9.73. The van der Waals surface area contributed by atoms with E-state index < -0.39 is 16.1 Å². The van der Waals surface area contributed by atoms with Crippen molar-refractivity contribution in [2.75, 3.05) is 51.0 Å². The summed E-state index contributed by atoms with van der Waals surface area (Å²) in [6, 6.07) is 19.8. The van der Waals surface area contributed by atoms with Crippen LogP contribution < -0.4 is 15.4 Å². The molecular formula is C30H39ClN4O6S. The smallest absolute Gasteiger partial charge is 0.323 e. The number of ether oxygens (including phenoxy) is 1. The van der Waals surface area contributed by atoms with E-state index in [1.165, 1.54) is 26.2 Å². The second-order valence-corrected chi connectivity index (χ2v) is 11.8. The summed E-state index contributed by atoms with van der Waals surface area (Å²) in [5.74, 6) is 0.220. The van der Waals surface area contributed by atoms with Crippen molar-refractivity contribution >= 4 is 44.9 Å². The van der Waals surface area contributed by atoms with E-state index in [9.17, 15) is 23.1 Å². The number of carbonyl (C=O) groups is 2. The Morgan fingerprint density at radius 2 is 1.67 bits per heavy atom. The van der Waals surface area contributed by atoms with Crippen LogP contribution >= 0.6 is 11.6 Å². The topological polar surface area (TPSA) is 128 Å². The van der Waals surface area contributed by atoms with Gasteiger partial charge in [-0.05, 0) is 48.5 Å². The fourth-order valence-electron chi connectivity index (χ4n) is 3.80. The van der Waals surface area contributed by atoms with Crippen LogP contribution in [-0.4, -0.2) is 75.1 Å². The number of hydrogen-bond acceptors (Lipinski definition) is 6. The normalized spacial score (nSPS) is 14.5. The van der Waals surface area contributed by atoms with Crippen molar-refractivity contribution in [1.82, 2.24) is 9.21 Å². The van der Waals surface area contributed by atoms with Crippen LogP contribution in [-0.2, 0) is 10.0 Å². The molecule has 3 N–H and O–H groups in total. The van der Waals surface area contributed by atoms with Crippen LogP contribution in [0, 0.1) is 5.92 Å². The van der Waals surface area contributed by atoms with Gasteiger partial charge in [0, 0.05) is 43.8 Å². The van der Waals surface area contributed by atoms with Crippen LogP contribution in [0.1, 0.15) is 31.1 Å². The zero-order valence-electron chi connectivity index (χ0n) is 24.5. The summed E-state index contributed by atoms with van der Waals surface area (Å²) in [6.07, 6.45) is 0. The van der Waals surface area contributed by atoms with E-state index in [0.29, 0.717) is 40.9 Å². The highest BCUT2D eigenvalue weighted by molar-refractivity contribution is 7.89. The van der Waals surface area contributed by atoms with Gasteiger partial charge < -0.3 is 25.4 Å². The number of amides is 3. The molecule has 0 aromatic heterocycles. The number of anilines is 2. The first-order valence-electron chi connectivity index (χ1n) is 13.5. The van der Waals surface area contributed by atoms with Crippen LogP contribution in [0.25, 0.3) is 0 Å². The molecule has 1 atom stereocenters. The number of nitrogens with zero attached hydrogens (tertiary/aromatic N) is 2. The van der Waals surface area contributed by atoms with E-state index in [1.54, 1.807) is 47.4 Å². The lowest BCUT2D eigenvalue weighted by Crippen LogP contribution is -2.40. The minimum absolute atomic E-state index is 0.0971. The lowest BCUT2D eigenvalue weighted by Gasteiger charge is -2.30. The average Bonchev–Trinajstić information content (AvgIpc) is 2.97. The quantitative estimate of drug-likeness (QED) is 0.339. The van der Waals surface area contributed by atoms with Crippen LogP contribution in [0.15, 0.2) is 77.7 Å². The Labute approximate surface area is 253 Å². The molecule has 3 amide bonds. The van der Waals surface area contributed by atoms with Gasteiger partial charge in [-0.3, -0.25) is 4.79 Å². The molecule has 42 heavy (non-hydrogen) atoms. The number of carbonyl (C=O) groups excluding carboxylic acids is 2. The molecule has 0 fully saturated rings. The largest absolute Gasteiger partial charge is 0.490 e. The van der Waals surface area contributed by atoms with E-state index in [1.807, 2.05) is 39.0 Å². The number of benzene rings is 3. The van der Waals surface area contributed by atoms with Gasteiger partial charge in [-0.1, -0.05) is 56.6 Å². The van der Waals surface area contributed by atoms with Crippen molar-refractivity contribution in [3.63, 3.8) is 0 Å². The monoisotopic (exact) mass is 618 g/mol. The number of halogens is 1. The van der Waals surface area contributed by atoms with Crippen LogP contribution in [0.3, 0.4) is 0 Å². The van der Waals surface area contributed by atoms with Crippen molar-refractivity contribution in [1.29, 1.82) is 0 Å². The molecule has 0 bridgehead atoms. The zero-order chi connectivity index (χ0) is 31.3. The molecule has 0 saturated heterocycles. The number of aliphatic hydroxyl groups is 1. The van der Waals surface area contributed by atoms with Crippen LogP contribution in [0.2, 0.25) is 5.02 Å². The predicted octanol–water partition coefficient (Wildman–Crippen LogP) is 5.41. The third-order valence-corrected chi connectivity index (χ3v) is 7.90. The lowest BCUT2D eigenvalue weighted by molar-refractivity contribution is 0.0645. The Hall–Kier alpha value is -3.64. The number of para-hydroxylation sites is 2. The predicted molar refractivity (Wildman–Crippen MR) is 167 cm³/mol. The van der Waals surface area contributed by atoms with Gasteiger partial charge in [0.05, 0.1) is 29.4 Å². The maximum absolute atomic E-state index is 12.9. The van der Waals surface area contributed by atoms with Gasteiger partial charge in [-0.15, -0.1) is 0 Å². The maximum atomic E-state index is 12.9. The Bertz CT molecular complexity index is 1400. The summed E-state index contributed by atoms with van der Waals surface area (Å²) < 4.78 is 30.1. The maximum Gasteiger partial charge on any atom is 0.323 e. The molecule has 4 rings (SSSR count). The van der Waals surface area contributed by atoms with Crippen LogP contribution in [0.4, 0.5) is 16.2 Å². The summed E-state index contributed by atoms with van der Waals surface area (Å²) in [6.45, 7) is 7.04. The van der Waals surface area contributed by atoms with Gasteiger partial charge in [0.15, 0.2) is 5.75 Å². The molecule has 1 heterocycles.